The number of nitrogens with zero attached hydrogens (tertiary/aromatic N) is 3. The molecule has 0 unspecified atom stereocenters. The van der Waals surface area contributed by atoms with Crippen molar-refractivity contribution in [2.75, 3.05) is 12.0 Å². The van der Waals surface area contributed by atoms with Gasteiger partial charge < -0.3 is 14.3 Å². The smallest absolute Gasteiger partial charge is 0.414 e. The van der Waals surface area contributed by atoms with Crippen LogP contribution in [-0.2, 0) is 17.6 Å². The molecule has 0 bridgehead atoms. The molecule has 3 heterocycles. The van der Waals surface area contributed by atoms with Crippen molar-refractivity contribution >= 4 is 33.7 Å². The lowest BCUT2D eigenvalue weighted by Gasteiger charge is -2.34. The van der Waals surface area contributed by atoms with Gasteiger partial charge in [-0.2, -0.15) is 0 Å². The zero-order chi connectivity index (χ0) is 23.2. The van der Waals surface area contributed by atoms with Crippen LogP contribution in [0.25, 0.3) is 21.9 Å². The molecule has 4 aromatic rings. The van der Waals surface area contributed by atoms with E-state index in [1.54, 1.807) is 4.90 Å². The first-order chi connectivity index (χ1) is 16.6. The number of hydrogen-bond acceptors (Lipinski definition) is 3. The van der Waals surface area contributed by atoms with Gasteiger partial charge in [0, 0.05) is 35.8 Å². The van der Waals surface area contributed by atoms with E-state index in [-0.39, 0.29) is 12.1 Å². The predicted octanol–water partition coefficient (Wildman–Crippen LogP) is 6.52. The maximum Gasteiger partial charge on any atom is 0.414 e. The number of ether oxygens (including phenoxy) is 1. The first kappa shape index (κ1) is 21.3. The van der Waals surface area contributed by atoms with Gasteiger partial charge in [-0.1, -0.05) is 25.3 Å². The van der Waals surface area contributed by atoms with Crippen molar-refractivity contribution in [1.29, 1.82) is 0 Å². The van der Waals surface area contributed by atoms with Crippen LogP contribution < -0.4 is 4.90 Å². The van der Waals surface area contributed by atoms with E-state index >= 15 is 0 Å². The monoisotopic (exact) mass is 456 g/mol. The molecule has 176 valence electrons. The van der Waals surface area contributed by atoms with E-state index in [1.807, 2.05) is 6.20 Å². The van der Waals surface area contributed by atoms with Gasteiger partial charge in [0.2, 0.25) is 0 Å². The van der Waals surface area contributed by atoms with Gasteiger partial charge >= 0.3 is 6.09 Å². The van der Waals surface area contributed by atoms with Crippen molar-refractivity contribution in [3.05, 3.63) is 59.5 Å². The lowest BCUT2D eigenvalue weighted by Crippen LogP contribution is -2.42. The molecule has 0 spiro atoms. The predicted molar refractivity (Wildman–Crippen MR) is 136 cm³/mol. The number of imidazole rings is 1. The Morgan fingerprint density at radius 3 is 2.79 bits per heavy atom. The van der Waals surface area contributed by atoms with E-state index in [1.165, 1.54) is 61.2 Å². The molecule has 2 aliphatic rings. The van der Waals surface area contributed by atoms with Crippen LogP contribution in [0.2, 0.25) is 0 Å². The first-order valence-corrected chi connectivity index (χ1v) is 12.6. The van der Waals surface area contributed by atoms with Crippen molar-refractivity contribution < 1.29 is 9.53 Å². The molecule has 1 saturated carbocycles. The van der Waals surface area contributed by atoms with Crippen molar-refractivity contribution in [3.8, 4) is 0 Å². The number of H-pyrrole nitrogens is 1. The quantitative estimate of drug-likeness (QED) is 0.382. The van der Waals surface area contributed by atoms with Crippen molar-refractivity contribution in [2.24, 2.45) is 0 Å². The second-order valence-electron chi connectivity index (χ2n) is 9.92. The van der Waals surface area contributed by atoms with Crippen molar-refractivity contribution in [1.82, 2.24) is 14.5 Å². The third-order valence-electron chi connectivity index (χ3n) is 7.82. The molecule has 1 aliphatic heterocycles. The third-order valence-corrected chi connectivity index (χ3v) is 7.82. The van der Waals surface area contributed by atoms with E-state index in [9.17, 15) is 4.79 Å². The molecule has 0 saturated heterocycles. The Kier molecular flexibility index (Phi) is 5.31. The van der Waals surface area contributed by atoms with E-state index in [0.29, 0.717) is 6.04 Å². The fourth-order valence-electron chi connectivity index (χ4n) is 6.09. The molecule has 1 aliphatic carbocycles. The van der Waals surface area contributed by atoms with Crippen molar-refractivity contribution in [3.63, 3.8) is 0 Å². The third kappa shape index (κ3) is 3.47. The fourth-order valence-corrected chi connectivity index (χ4v) is 6.09. The zero-order valence-electron chi connectivity index (χ0n) is 20.0. The maximum atomic E-state index is 12.6. The summed E-state index contributed by atoms with van der Waals surface area (Å²) in [6, 6.07) is 13.7. The normalized spacial score (nSPS) is 19.0. The number of anilines is 1. The van der Waals surface area contributed by atoms with Crippen LogP contribution >= 0.6 is 0 Å². The summed E-state index contributed by atoms with van der Waals surface area (Å²) in [7, 11) is 1.46. The minimum Gasteiger partial charge on any atom is -0.452 e. The van der Waals surface area contributed by atoms with Crippen LogP contribution in [0, 0.1) is 0 Å². The van der Waals surface area contributed by atoms with Gasteiger partial charge in [-0.25, -0.2) is 9.78 Å². The number of aromatic nitrogens is 3. The number of aryl methyl sites for hydroxylation is 1. The molecule has 1 amide bonds. The molecule has 34 heavy (non-hydrogen) atoms. The molecule has 1 fully saturated rings. The largest absolute Gasteiger partial charge is 0.452 e. The van der Waals surface area contributed by atoms with Gasteiger partial charge in [0.15, 0.2) is 0 Å². The fraction of sp³-hybridized carbons (Fsp3) is 0.429. The summed E-state index contributed by atoms with van der Waals surface area (Å²) in [4.78, 5) is 23.0. The second kappa shape index (κ2) is 8.49. The van der Waals surface area contributed by atoms with Gasteiger partial charge in [0.05, 0.1) is 23.8 Å². The van der Waals surface area contributed by atoms with Gasteiger partial charge in [0.25, 0.3) is 0 Å². The molecule has 0 radical (unpaired) electrons. The highest BCUT2D eigenvalue weighted by Gasteiger charge is 2.32. The number of aromatic amines is 1. The lowest BCUT2D eigenvalue weighted by molar-refractivity contribution is 0.175. The number of carbonyl (C=O) groups is 1. The summed E-state index contributed by atoms with van der Waals surface area (Å²) >= 11 is 0. The number of hydrogen-bond donors (Lipinski definition) is 1. The van der Waals surface area contributed by atoms with Gasteiger partial charge in [-0.3, -0.25) is 4.90 Å². The average Bonchev–Trinajstić information content (AvgIpc) is 3.48. The molecule has 2 aromatic heterocycles. The van der Waals surface area contributed by atoms with Crippen LogP contribution in [-0.4, -0.2) is 33.8 Å². The molecule has 6 heteroatoms. The standard InChI is InChI=1S/C28H32N4O2/c1-18-8-10-22-24(31(18)28(33)34-2)12-13-25-27(22)30-26(32(25)21-6-4-3-5-7-21)17-19-9-11-23-20(16-19)14-15-29-23/h9,11-16,18,21,29H,3-8,10,17H2,1-2H3/t18-/m0/s1. The summed E-state index contributed by atoms with van der Waals surface area (Å²) in [5.41, 5.74) is 6.84. The molecular formula is C28H32N4O2. The molecular weight excluding hydrogens is 424 g/mol. The van der Waals surface area contributed by atoms with Crippen LogP contribution in [0.3, 0.4) is 0 Å². The summed E-state index contributed by atoms with van der Waals surface area (Å²) in [6.45, 7) is 2.09. The molecule has 6 nitrogen and oxygen atoms in total. The van der Waals surface area contributed by atoms with Crippen molar-refractivity contribution in [2.45, 2.75) is 70.4 Å². The van der Waals surface area contributed by atoms with Crippen LogP contribution in [0.5, 0.6) is 0 Å². The number of carbonyl (C=O) groups excluding carboxylic acids is 1. The highest BCUT2D eigenvalue weighted by atomic mass is 16.5. The van der Waals surface area contributed by atoms with E-state index < -0.39 is 0 Å². The van der Waals surface area contributed by atoms with Gasteiger partial charge in [-0.15, -0.1) is 0 Å². The van der Waals surface area contributed by atoms with E-state index in [2.05, 4.69) is 52.9 Å². The Morgan fingerprint density at radius 1 is 1.12 bits per heavy atom. The number of rotatable bonds is 3. The summed E-state index contributed by atoms with van der Waals surface area (Å²) in [5.74, 6) is 1.13. The Hall–Kier alpha value is -3.28. The minimum absolute atomic E-state index is 0.116. The van der Waals surface area contributed by atoms with Crippen LogP contribution in [0.15, 0.2) is 42.6 Å². The SMILES string of the molecule is COC(=O)N1c2ccc3c(nc(Cc4ccc5[nH]ccc5c4)n3C3CCCCC3)c2CC[C@@H]1C. The topological polar surface area (TPSA) is 63.1 Å². The number of nitrogens with one attached hydrogen (secondary N) is 1. The Labute approximate surface area is 199 Å². The Morgan fingerprint density at radius 2 is 1.97 bits per heavy atom. The minimum atomic E-state index is -0.292. The highest BCUT2D eigenvalue weighted by Crippen LogP contribution is 2.39. The van der Waals surface area contributed by atoms with Gasteiger partial charge in [0.1, 0.15) is 5.82 Å². The summed E-state index contributed by atoms with van der Waals surface area (Å²) < 4.78 is 7.64. The number of fused-ring (bicyclic) bond motifs is 4. The maximum absolute atomic E-state index is 12.6. The average molecular weight is 457 g/mol. The number of amides is 1. The van der Waals surface area contributed by atoms with Gasteiger partial charge in [-0.05, 0) is 73.9 Å². The Balaban J connectivity index is 1.49. The van der Waals surface area contributed by atoms with E-state index in [4.69, 9.17) is 9.72 Å². The van der Waals surface area contributed by atoms with Crippen LogP contribution in [0.4, 0.5) is 10.5 Å². The molecule has 6 rings (SSSR count). The summed E-state index contributed by atoms with van der Waals surface area (Å²) in [6.07, 6.45) is 10.6. The zero-order valence-corrected chi connectivity index (χ0v) is 20.0. The second-order valence-corrected chi connectivity index (χ2v) is 9.92. The van der Waals surface area contributed by atoms with Crippen LogP contribution in [0.1, 0.15) is 68.4 Å². The Bertz CT molecular complexity index is 1360. The lowest BCUT2D eigenvalue weighted by atomic mass is 9.94. The highest BCUT2D eigenvalue weighted by molar-refractivity contribution is 5.95. The summed E-state index contributed by atoms with van der Waals surface area (Å²) in [5, 5.41) is 1.23. The number of benzene rings is 2. The molecule has 1 N–H and O–H groups in total. The number of methoxy groups -OCH3 is 1. The molecule has 1 atom stereocenters. The molecule has 2 aromatic carbocycles. The first-order valence-electron chi connectivity index (χ1n) is 12.6. The van der Waals surface area contributed by atoms with E-state index in [0.717, 1.165) is 41.8 Å².